The standard InChI is InChI=1S/C20H24N4O2/c1-16-7-3-4-8-18(16)24(17(2)25)15-20(26)23-13-11-22(12-14-23)19-9-5-6-10-21-19/h3-10H,11-15H2,1-2H3. The van der Waals surface area contributed by atoms with Gasteiger partial charge in [0, 0.05) is 45.0 Å². The number of pyridine rings is 1. The summed E-state index contributed by atoms with van der Waals surface area (Å²) >= 11 is 0. The molecule has 0 saturated carbocycles. The lowest BCUT2D eigenvalue weighted by Crippen LogP contribution is -2.52. The molecule has 0 aliphatic carbocycles. The predicted octanol–water partition coefficient (Wildman–Crippen LogP) is 2.09. The van der Waals surface area contributed by atoms with E-state index in [0.29, 0.717) is 13.1 Å². The lowest BCUT2D eigenvalue weighted by atomic mass is 10.1. The van der Waals surface area contributed by atoms with Crippen LogP contribution in [0.3, 0.4) is 0 Å². The minimum atomic E-state index is -0.125. The van der Waals surface area contributed by atoms with E-state index in [9.17, 15) is 9.59 Å². The third-order valence-electron chi connectivity index (χ3n) is 4.69. The normalized spacial score (nSPS) is 14.2. The van der Waals surface area contributed by atoms with Gasteiger partial charge in [-0.05, 0) is 30.7 Å². The van der Waals surface area contributed by atoms with E-state index in [2.05, 4.69) is 9.88 Å². The molecule has 1 fully saturated rings. The highest BCUT2D eigenvalue weighted by molar-refractivity contribution is 5.98. The number of hydrogen-bond acceptors (Lipinski definition) is 4. The van der Waals surface area contributed by atoms with E-state index in [1.54, 1.807) is 11.1 Å². The van der Waals surface area contributed by atoms with E-state index in [0.717, 1.165) is 30.2 Å². The topological polar surface area (TPSA) is 56.8 Å². The summed E-state index contributed by atoms with van der Waals surface area (Å²) in [6.45, 7) is 6.27. The second-order valence-corrected chi connectivity index (χ2v) is 6.45. The number of nitrogens with zero attached hydrogens (tertiary/aromatic N) is 4. The molecule has 1 aromatic heterocycles. The average molecular weight is 352 g/mol. The number of piperazine rings is 1. The molecule has 2 heterocycles. The van der Waals surface area contributed by atoms with E-state index in [1.165, 1.54) is 6.92 Å². The van der Waals surface area contributed by atoms with Gasteiger partial charge in [0.2, 0.25) is 11.8 Å². The zero-order valence-corrected chi connectivity index (χ0v) is 15.3. The Hall–Kier alpha value is -2.89. The van der Waals surface area contributed by atoms with E-state index in [-0.39, 0.29) is 18.4 Å². The molecule has 6 heteroatoms. The summed E-state index contributed by atoms with van der Waals surface area (Å²) in [4.78, 5) is 34.8. The second-order valence-electron chi connectivity index (χ2n) is 6.45. The Morgan fingerprint density at radius 1 is 1.04 bits per heavy atom. The van der Waals surface area contributed by atoms with Crippen LogP contribution in [0, 0.1) is 6.92 Å². The van der Waals surface area contributed by atoms with Crippen molar-refractivity contribution in [3.05, 3.63) is 54.2 Å². The van der Waals surface area contributed by atoms with Gasteiger partial charge in [-0.15, -0.1) is 0 Å². The van der Waals surface area contributed by atoms with Crippen LogP contribution < -0.4 is 9.80 Å². The molecule has 1 aliphatic rings. The number of aryl methyl sites for hydroxylation is 1. The van der Waals surface area contributed by atoms with Crippen LogP contribution in [0.4, 0.5) is 11.5 Å². The highest BCUT2D eigenvalue weighted by atomic mass is 16.2. The van der Waals surface area contributed by atoms with Gasteiger partial charge in [0.25, 0.3) is 0 Å². The fraction of sp³-hybridized carbons (Fsp3) is 0.350. The molecule has 0 radical (unpaired) electrons. The molecule has 136 valence electrons. The van der Waals surface area contributed by atoms with Crippen molar-refractivity contribution in [2.24, 2.45) is 0 Å². The van der Waals surface area contributed by atoms with Crippen molar-refractivity contribution in [1.82, 2.24) is 9.88 Å². The van der Waals surface area contributed by atoms with Crippen LogP contribution >= 0.6 is 0 Å². The molecule has 3 rings (SSSR count). The first-order valence-electron chi connectivity index (χ1n) is 8.84. The van der Waals surface area contributed by atoms with Gasteiger partial charge in [0.15, 0.2) is 0 Å². The lowest BCUT2D eigenvalue weighted by molar-refractivity contribution is -0.131. The molecule has 26 heavy (non-hydrogen) atoms. The Labute approximate surface area is 154 Å². The molecular formula is C20H24N4O2. The number of carbonyl (C=O) groups excluding carboxylic acids is 2. The fourth-order valence-corrected chi connectivity index (χ4v) is 3.19. The van der Waals surface area contributed by atoms with E-state index < -0.39 is 0 Å². The minimum absolute atomic E-state index is 0.0240. The molecule has 6 nitrogen and oxygen atoms in total. The first-order valence-corrected chi connectivity index (χ1v) is 8.84. The average Bonchev–Trinajstić information content (AvgIpc) is 2.67. The maximum atomic E-state index is 12.7. The summed E-state index contributed by atoms with van der Waals surface area (Å²) in [5, 5.41) is 0. The zero-order chi connectivity index (χ0) is 18.5. The first-order chi connectivity index (χ1) is 12.6. The van der Waals surface area contributed by atoms with Gasteiger partial charge < -0.3 is 14.7 Å². The number of hydrogen-bond donors (Lipinski definition) is 0. The van der Waals surface area contributed by atoms with Crippen LogP contribution in [-0.4, -0.2) is 54.4 Å². The van der Waals surface area contributed by atoms with E-state index in [4.69, 9.17) is 0 Å². The second kappa shape index (κ2) is 7.99. The molecule has 0 unspecified atom stereocenters. The Balaban J connectivity index is 1.63. The van der Waals surface area contributed by atoms with Crippen molar-refractivity contribution in [2.75, 3.05) is 42.5 Å². The quantitative estimate of drug-likeness (QED) is 0.845. The van der Waals surface area contributed by atoms with Gasteiger partial charge in [-0.1, -0.05) is 24.3 Å². The van der Waals surface area contributed by atoms with Gasteiger partial charge in [-0.3, -0.25) is 9.59 Å². The monoisotopic (exact) mass is 352 g/mol. The molecule has 1 saturated heterocycles. The number of benzene rings is 1. The van der Waals surface area contributed by atoms with Crippen LogP contribution in [0.1, 0.15) is 12.5 Å². The third-order valence-corrected chi connectivity index (χ3v) is 4.69. The smallest absolute Gasteiger partial charge is 0.242 e. The fourth-order valence-electron chi connectivity index (χ4n) is 3.19. The van der Waals surface area contributed by atoms with Gasteiger partial charge in [-0.25, -0.2) is 4.98 Å². The van der Waals surface area contributed by atoms with Crippen molar-refractivity contribution in [3.8, 4) is 0 Å². The maximum Gasteiger partial charge on any atom is 0.242 e. The molecule has 2 amide bonds. The summed E-state index contributed by atoms with van der Waals surface area (Å²) in [5.74, 6) is 0.786. The van der Waals surface area contributed by atoms with Crippen molar-refractivity contribution < 1.29 is 9.59 Å². The van der Waals surface area contributed by atoms with Gasteiger partial charge in [0.05, 0.1) is 0 Å². The highest BCUT2D eigenvalue weighted by Crippen LogP contribution is 2.20. The Morgan fingerprint density at radius 3 is 2.35 bits per heavy atom. The first kappa shape index (κ1) is 17.9. The SMILES string of the molecule is CC(=O)N(CC(=O)N1CCN(c2ccccn2)CC1)c1ccccc1C. The minimum Gasteiger partial charge on any atom is -0.353 e. The van der Waals surface area contributed by atoms with Crippen LogP contribution in [-0.2, 0) is 9.59 Å². The Bertz CT molecular complexity index is 770. The summed E-state index contributed by atoms with van der Waals surface area (Å²) in [6.07, 6.45) is 1.78. The van der Waals surface area contributed by atoms with Crippen LogP contribution in [0.15, 0.2) is 48.7 Å². The zero-order valence-electron chi connectivity index (χ0n) is 15.3. The molecule has 0 N–H and O–H groups in total. The molecule has 0 spiro atoms. The number of anilines is 2. The summed E-state index contributed by atoms with van der Waals surface area (Å²) in [5.41, 5.74) is 1.77. The summed E-state index contributed by atoms with van der Waals surface area (Å²) in [7, 11) is 0. The van der Waals surface area contributed by atoms with Crippen LogP contribution in [0.5, 0.6) is 0 Å². The summed E-state index contributed by atoms with van der Waals surface area (Å²) < 4.78 is 0. The number of amides is 2. The molecule has 0 atom stereocenters. The van der Waals surface area contributed by atoms with Crippen molar-refractivity contribution in [2.45, 2.75) is 13.8 Å². The highest BCUT2D eigenvalue weighted by Gasteiger charge is 2.25. The number of aromatic nitrogens is 1. The largest absolute Gasteiger partial charge is 0.353 e. The number of carbonyl (C=O) groups is 2. The van der Waals surface area contributed by atoms with Crippen molar-refractivity contribution in [3.63, 3.8) is 0 Å². The third kappa shape index (κ3) is 4.02. The number of para-hydroxylation sites is 1. The lowest BCUT2D eigenvalue weighted by Gasteiger charge is -2.36. The van der Waals surface area contributed by atoms with Crippen molar-refractivity contribution in [1.29, 1.82) is 0 Å². The van der Waals surface area contributed by atoms with Crippen LogP contribution in [0.25, 0.3) is 0 Å². The van der Waals surface area contributed by atoms with E-state index >= 15 is 0 Å². The van der Waals surface area contributed by atoms with Crippen molar-refractivity contribution >= 4 is 23.3 Å². The van der Waals surface area contributed by atoms with E-state index in [1.807, 2.05) is 54.3 Å². The Kier molecular flexibility index (Phi) is 5.51. The number of rotatable bonds is 4. The van der Waals surface area contributed by atoms with Crippen LogP contribution in [0.2, 0.25) is 0 Å². The molecular weight excluding hydrogens is 328 g/mol. The molecule has 1 aromatic carbocycles. The van der Waals surface area contributed by atoms with Gasteiger partial charge in [0.1, 0.15) is 12.4 Å². The predicted molar refractivity (Wildman–Crippen MR) is 102 cm³/mol. The molecule has 2 aromatic rings. The molecule has 0 bridgehead atoms. The molecule has 1 aliphatic heterocycles. The maximum absolute atomic E-state index is 12.7. The Morgan fingerprint density at radius 2 is 1.73 bits per heavy atom. The van der Waals surface area contributed by atoms with Gasteiger partial charge >= 0.3 is 0 Å². The van der Waals surface area contributed by atoms with Gasteiger partial charge in [-0.2, -0.15) is 0 Å². The summed E-state index contributed by atoms with van der Waals surface area (Å²) in [6, 6.07) is 13.5.